The maximum Gasteiger partial charge on any atom is 0.272 e. The number of amides is 1. The van der Waals surface area contributed by atoms with Crippen molar-refractivity contribution in [3.63, 3.8) is 0 Å². The Balaban J connectivity index is 1.44. The van der Waals surface area contributed by atoms with Gasteiger partial charge in [0.15, 0.2) is 0 Å². The monoisotopic (exact) mass is 384 g/mol. The number of aliphatic hydroxyl groups is 1. The molecule has 4 rings (SSSR count). The summed E-state index contributed by atoms with van der Waals surface area (Å²) >= 11 is 0. The SMILES string of the molecule is CCn1nccc1C(=O)N1C[C@H]2C[C@@H](Oc3ccc(C)nc3C)[C@H](O)C[C@H]2C1. The molecule has 4 atom stereocenters. The minimum atomic E-state index is -0.529. The molecule has 150 valence electrons. The van der Waals surface area contributed by atoms with Gasteiger partial charge in [0.25, 0.3) is 5.91 Å². The van der Waals surface area contributed by atoms with Crippen LogP contribution in [0.5, 0.6) is 5.75 Å². The van der Waals surface area contributed by atoms with Gasteiger partial charge in [0.2, 0.25) is 0 Å². The van der Waals surface area contributed by atoms with Crippen LogP contribution in [0.2, 0.25) is 0 Å². The summed E-state index contributed by atoms with van der Waals surface area (Å²) in [4.78, 5) is 19.3. The standard InChI is InChI=1S/C21H28N4O3/c1-4-25-17(7-8-22-25)21(27)24-11-15-9-18(26)20(10-16(15)12-24)28-19-6-5-13(2)23-14(19)3/h5-8,15-16,18,20,26H,4,9-12H2,1-3H3/t15-,16+,18+,20+/m0/s1. The molecule has 1 aliphatic carbocycles. The van der Waals surface area contributed by atoms with Gasteiger partial charge in [0, 0.05) is 31.5 Å². The van der Waals surface area contributed by atoms with Crippen molar-refractivity contribution in [1.29, 1.82) is 0 Å². The number of aliphatic hydroxyl groups excluding tert-OH is 1. The van der Waals surface area contributed by atoms with Gasteiger partial charge in [-0.2, -0.15) is 5.10 Å². The maximum absolute atomic E-state index is 12.9. The van der Waals surface area contributed by atoms with Gasteiger partial charge >= 0.3 is 0 Å². The van der Waals surface area contributed by atoms with Crippen molar-refractivity contribution in [2.45, 2.75) is 52.4 Å². The van der Waals surface area contributed by atoms with Crippen molar-refractivity contribution in [2.24, 2.45) is 11.8 Å². The highest BCUT2D eigenvalue weighted by atomic mass is 16.5. The van der Waals surface area contributed by atoms with Crippen LogP contribution in [0.1, 0.15) is 41.6 Å². The molecular weight excluding hydrogens is 356 g/mol. The van der Waals surface area contributed by atoms with Gasteiger partial charge in [0.1, 0.15) is 17.5 Å². The van der Waals surface area contributed by atoms with E-state index < -0.39 is 6.10 Å². The normalized spacial score (nSPS) is 26.9. The second-order valence-electron chi connectivity index (χ2n) is 7.99. The Hall–Kier alpha value is -2.41. The second kappa shape index (κ2) is 7.54. The largest absolute Gasteiger partial charge is 0.486 e. The predicted molar refractivity (Wildman–Crippen MR) is 104 cm³/mol. The Bertz CT molecular complexity index is 865. The fraction of sp³-hybridized carbons (Fsp3) is 0.571. The summed E-state index contributed by atoms with van der Waals surface area (Å²) in [5, 5.41) is 14.9. The van der Waals surface area contributed by atoms with E-state index in [1.54, 1.807) is 16.9 Å². The molecule has 7 nitrogen and oxygen atoms in total. The Morgan fingerprint density at radius 3 is 2.68 bits per heavy atom. The number of pyridine rings is 1. The van der Waals surface area contributed by atoms with Crippen molar-refractivity contribution < 1.29 is 14.6 Å². The van der Waals surface area contributed by atoms with Gasteiger partial charge in [-0.1, -0.05) is 0 Å². The number of hydrogen-bond donors (Lipinski definition) is 1. The lowest BCUT2D eigenvalue weighted by atomic mass is 9.78. The quantitative estimate of drug-likeness (QED) is 0.874. The molecular formula is C21H28N4O3. The third kappa shape index (κ3) is 3.51. The van der Waals surface area contributed by atoms with Crippen molar-refractivity contribution in [2.75, 3.05) is 13.1 Å². The second-order valence-corrected chi connectivity index (χ2v) is 7.99. The summed E-state index contributed by atoms with van der Waals surface area (Å²) in [6.45, 7) is 7.92. The summed E-state index contributed by atoms with van der Waals surface area (Å²) in [6, 6.07) is 5.63. The number of fused-ring (bicyclic) bond motifs is 1. The van der Waals surface area contributed by atoms with E-state index in [-0.39, 0.29) is 12.0 Å². The van der Waals surface area contributed by atoms with Crippen molar-refractivity contribution in [1.82, 2.24) is 19.7 Å². The van der Waals surface area contributed by atoms with Crippen LogP contribution in [0.4, 0.5) is 0 Å². The third-order valence-corrected chi connectivity index (χ3v) is 6.06. The molecule has 1 saturated carbocycles. The maximum atomic E-state index is 12.9. The molecule has 1 aliphatic heterocycles. The van der Waals surface area contributed by atoms with Crippen LogP contribution < -0.4 is 4.74 Å². The Kier molecular flexibility index (Phi) is 5.10. The number of rotatable bonds is 4. The third-order valence-electron chi connectivity index (χ3n) is 6.06. The lowest BCUT2D eigenvalue weighted by Crippen LogP contribution is -2.42. The van der Waals surface area contributed by atoms with Crippen molar-refractivity contribution >= 4 is 5.91 Å². The predicted octanol–water partition coefficient (Wildman–Crippen LogP) is 2.21. The van der Waals surface area contributed by atoms with E-state index >= 15 is 0 Å². The highest BCUT2D eigenvalue weighted by Crippen LogP contribution is 2.38. The minimum absolute atomic E-state index is 0.0271. The van der Waals surface area contributed by atoms with Gasteiger partial charge < -0.3 is 14.7 Å². The van der Waals surface area contributed by atoms with Crippen molar-refractivity contribution in [3.8, 4) is 5.75 Å². The minimum Gasteiger partial charge on any atom is -0.486 e. The lowest BCUT2D eigenvalue weighted by molar-refractivity contribution is -0.0236. The fourth-order valence-corrected chi connectivity index (χ4v) is 4.57. The highest BCUT2D eigenvalue weighted by Gasteiger charge is 2.44. The summed E-state index contributed by atoms with van der Waals surface area (Å²) in [6.07, 6.45) is 2.28. The van der Waals surface area contributed by atoms with Gasteiger partial charge in [-0.15, -0.1) is 0 Å². The van der Waals surface area contributed by atoms with Crippen LogP contribution in [0.3, 0.4) is 0 Å². The van der Waals surface area contributed by atoms with E-state index in [0.717, 1.165) is 23.6 Å². The number of likely N-dealkylation sites (tertiary alicyclic amines) is 1. The molecule has 2 aromatic rings. The van der Waals surface area contributed by atoms with Crippen LogP contribution in [0.15, 0.2) is 24.4 Å². The molecule has 1 amide bonds. The van der Waals surface area contributed by atoms with E-state index in [0.29, 0.717) is 43.6 Å². The molecule has 1 N–H and O–H groups in total. The number of hydrogen-bond acceptors (Lipinski definition) is 5. The van der Waals surface area contributed by atoms with E-state index in [4.69, 9.17) is 4.74 Å². The molecule has 0 aromatic carbocycles. The number of carbonyl (C=O) groups is 1. The lowest BCUT2D eigenvalue weighted by Gasteiger charge is -2.35. The zero-order valence-corrected chi connectivity index (χ0v) is 16.7. The van der Waals surface area contributed by atoms with Crippen LogP contribution in [0.25, 0.3) is 0 Å². The van der Waals surface area contributed by atoms with E-state index in [9.17, 15) is 9.90 Å². The molecule has 28 heavy (non-hydrogen) atoms. The Morgan fingerprint density at radius 2 is 1.96 bits per heavy atom. The van der Waals surface area contributed by atoms with E-state index in [2.05, 4.69) is 10.1 Å². The number of aromatic nitrogens is 3. The van der Waals surface area contributed by atoms with Gasteiger partial charge in [-0.25, -0.2) is 0 Å². The molecule has 0 spiro atoms. The fourth-order valence-electron chi connectivity index (χ4n) is 4.57. The van der Waals surface area contributed by atoms with E-state index in [1.807, 2.05) is 37.8 Å². The Morgan fingerprint density at radius 1 is 1.21 bits per heavy atom. The molecule has 0 bridgehead atoms. The van der Waals surface area contributed by atoms with Crippen molar-refractivity contribution in [3.05, 3.63) is 41.5 Å². The van der Waals surface area contributed by atoms with Gasteiger partial charge in [-0.05, 0) is 63.6 Å². The molecule has 0 unspecified atom stereocenters. The topological polar surface area (TPSA) is 80.5 Å². The molecule has 2 fully saturated rings. The smallest absolute Gasteiger partial charge is 0.272 e. The number of aryl methyl sites for hydroxylation is 3. The molecule has 1 saturated heterocycles. The molecule has 7 heteroatoms. The number of nitrogens with zero attached hydrogens (tertiary/aromatic N) is 4. The Labute approximate surface area is 165 Å². The first kappa shape index (κ1) is 18.9. The van der Waals surface area contributed by atoms with Crippen LogP contribution in [0, 0.1) is 25.7 Å². The first-order valence-electron chi connectivity index (χ1n) is 10.1. The number of carbonyl (C=O) groups excluding carboxylic acids is 1. The highest BCUT2D eigenvalue weighted by molar-refractivity contribution is 5.92. The number of ether oxygens (including phenoxy) is 1. The summed E-state index contributed by atoms with van der Waals surface area (Å²) in [5.41, 5.74) is 2.42. The summed E-state index contributed by atoms with van der Waals surface area (Å²) in [7, 11) is 0. The van der Waals surface area contributed by atoms with Gasteiger partial charge in [-0.3, -0.25) is 14.5 Å². The van der Waals surface area contributed by atoms with Gasteiger partial charge in [0.05, 0.1) is 11.8 Å². The van der Waals surface area contributed by atoms with Crippen LogP contribution in [-0.2, 0) is 6.54 Å². The zero-order valence-electron chi connectivity index (χ0n) is 16.7. The first-order chi connectivity index (χ1) is 13.5. The van der Waals surface area contributed by atoms with E-state index in [1.165, 1.54) is 0 Å². The average molecular weight is 384 g/mol. The average Bonchev–Trinajstić information content (AvgIpc) is 3.30. The summed E-state index contributed by atoms with van der Waals surface area (Å²) < 4.78 is 7.87. The molecule has 3 heterocycles. The molecule has 2 aliphatic rings. The van der Waals surface area contributed by atoms with Crippen LogP contribution in [-0.4, -0.2) is 56.0 Å². The molecule has 2 aromatic heterocycles. The summed E-state index contributed by atoms with van der Waals surface area (Å²) in [5.74, 6) is 1.41. The molecule has 0 radical (unpaired) electrons. The zero-order chi connectivity index (χ0) is 19.8. The first-order valence-corrected chi connectivity index (χ1v) is 10.1. The van der Waals surface area contributed by atoms with Crippen LogP contribution >= 0.6 is 0 Å².